The van der Waals surface area contributed by atoms with Crippen LogP contribution in [0.25, 0.3) is 22.4 Å². The third-order valence-corrected chi connectivity index (χ3v) is 3.46. The Morgan fingerprint density at radius 1 is 1.27 bits per heavy atom. The van der Waals surface area contributed by atoms with Crippen LogP contribution < -0.4 is 0 Å². The molecule has 2 heterocycles. The second-order valence-corrected chi connectivity index (χ2v) is 5.52. The minimum atomic E-state index is 0.745. The lowest BCUT2D eigenvalue weighted by atomic mass is 10.2. The molecule has 2 aromatic heterocycles. The highest BCUT2D eigenvalue weighted by Crippen LogP contribution is 2.29. The molecular formula is C10H5IN2OS. The van der Waals surface area contributed by atoms with Crippen molar-refractivity contribution in [1.82, 2.24) is 9.36 Å². The van der Waals surface area contributed by atoms with Crippen molar-refractivity contribution >= 4 is 45.1 Å². The summed E-state index contributed by atoms with van der Waals surface area (Å²) in [5.41, 5.74) is 1.84. The van der Waals surface area contributed by atoms with Gasteiger partial charge in [0.15, 0.2) is 8.84 Å². The summed E-state index contributed by atoms with van der Waals surface area (Å²) in [5.74, 6) is 0.745. The third-order valence-electron chi connectivity index (χ3n) is 2.12. The summed E-state index contributed by atoms with van der Waals surface area (Å²) in [6.07, 6.45) is 1.71. The highest BCUT2D eigenvalue weighted by molar-refractivity contribution is 14.1. The SMILES string of the molecule is Ic1nc(-c2coc3ccccc23)ns1. The van der Waals surface area contributed by atoms with E-state index in [-0.39, 0.29) is 0 Å². The molecule has 0 aliphatic rings. The Kier molecular flexibility index (Phi) is 2.21. The van der Waals surface area contributed by atoms with E-state index < -0.39 is 0 Å². The number of fused-ring (bicyclic) bond motifs is 1. The van der Waals surface area contributed by atoms with Crippen LogP contribution in [0.1, 0.15) is 0 Å². The van der Waals surface area contributed by atoms with E-state index >= 15 is 0 Å². The van der Waals surface area contributed by atoms with Crippen LogP contribution in [-0.2, 0) is 0 Å². The zero-order valence-electron chi connectivity index (χ0n) is 7.48. The van der Waals surface area contributed by atoms with Gasteiger partial charge in [-0.05, 0) is 40.2 Å². The molecule has 3 nitrogen and oxygen atoms in total. The van der Waals surface area contributed by atoms with Crippen molar-refractivity contribution in [2.45, 2.75) is 0 Å². The largest absolute Gasteiger partial charge is 0.464 e. The molecule has 1 aromatic carbocycles. The first-order valence-corrected chi connectivity index (χ1v) is 6.15. The summed E-state index contributed by atoms with van der Waals surface area (Å²) >= 11 is 3.56. The molecule has 0 radical (unpaired) electrons. The summed E-state index contributed by atoms with van der Waals surface area (Å²) in [4.78, 5) is 4.34. The molecule has 0 spiro atoms. The Labute approximate surface area is 103 Å². The van der Waals surface area contributed by atoms with E-state index in [9.17, 15) is 0 Å². The molecule has 0 saturated carbocycles. The maximum atomic E-state index is 5.43. The normalized spacial score (nSPS) is 11.0. The maximum absolute atomic E-state index is 5.43. The van der Waals surface area contributed by atoms with Gasteiger partial charge in [0, 0.05) is 5.39 Å². The van der Waals surface area contributed by atoms with Gasteiger partial charge in [-0.25, -0.2) is 4.98 Å². The van der Waals surface area contributed by atoms with Gasteiger partial charge >= 0.3 is 0 Å². The van der Waals surface area contributed by atoms with Crippen molar-refractivity contribution in [3.63, 3.8) is 0 Å². The van der Waals surface area contributed by atoms with E-state index in [4.69, 9.17) is 4.42 Å². The van der Waals surface area contributed by atoms with Crippen LogP contribution in [0.3, 0.4) is 0 Å². The maximum Gasteiger partial charge on any atom is 0.177 e. The summed E-state index contributed by atoms with van der Waals surface area (Å²) in [5, 5.41) is 1.06. The van der Waals surface area contributed by atoms with Crippen LogP contribution in [0.15, 0.2) is 34.9 Å². The quantitative estimate of drug-likeness (QED) is 0.641. The Hall–Kier alpha value is -0.950. The number of rotatable bonds is 1. The number of furan rings is 1. The second kappa shape index (κ2) is 3.57. The monoisotopic (exact) mass is 328 g/mol. The van der Waals surface area contributed by atoms with Crippen LogP contribution in [0.4, 0.5) is 0 Å². The number of nitrogens with zero attached hydrogens (tertiary/aromatic N) is 2. The van der Waals surface area contributed by atoms with Gasteiger partial charge < -0.3 is 4.42 Å². The van der Waals surface area contributed by atoms with Crippen molar-refractivity contribution in [3.05, 3.63) is 33.5 Å². The van der Waals surface area contributed by atoms with Crippen molar-refractivity contribution < 1.29 is 4.42 Å². The van der Waals surface area contributed by atoms with Crippen LogP contribution in [0.2, 0.25) is 0 Å². The lowest BCUT2D eigenvalue weighted by Gasteiger charge is -1.89. The van der Waals surface area contributed by atoms with Gasteiger partial charge in [0.1, 0.15) is 11.8 Å². The minimum Gasteiger partial charge on any atom is -0.464 e. The van der Waals surface area contributed by atoms with Gasteiger partial charge in [-0.3, -0.25) is 0 Å². The van der Waals surface area contributed by atoms with E-state index in [1.54, 1.807) is 6.26 Å². The average Bonchev–Trinajstić information content (AvgIpc) is 2.83. The number of benzene rings is 1. The standard InChI is InChI=1S/C10H5IN2OS/c11-10-12-9(13-15-10)7-5-14-8-4-2-1-3-6(7)8/h1-5H. The first-order valence-electron chi connectivity index (χ1n) is 4.30. The summed E-state index contributed by atoms with van der Waals surface area (Å²) in [6.45, 7) is 0. The third kappa shape index (κ3) is 1.55. The molecule has 5 heteroatoms. The molecule has 0 fully saturated rings. The van der Waals surface area contributed by atoms with Crippen molar-refractivity contribution in [3.8, 4) is 11.4 Å². The Morgan fingerprint density at radius 3 is 2.93 bits per heavy atom. The summed E-state index contributed by atoms with van der Waals surface area (Å²) in [7, 11) is 0. The molecule has 0 aliphatic heterocycles. The summed E-state index contributed by atoms with van der Waals surface area (Å²) < 4.78 is 10.6. The van der Waals surface area contributed by atoms with Crippen molar-refractivity contribution in [2.75, 3.05) is 0 Å². The number of para-hydroxylation sites is 1. The Balaban J connectivity index is 2.27. The molecule has 3 rings (SSSR count). The fourth-order valence-corrected chi connectivity index (χ4v) is 2.42. The highest BCUT2D eigenvalue weighted by atomic mass is 127. The predicted molar refractivity (Wildman–Crippen MR) is 67.8 cm³/mol. The van der Waals surface area contributed by atoms with Crippen molar-refractivity contribution in [1.29, 1.82) is 0 Å². The number of hydrogen-bond acceptors (Lipinski definition) is 4. The van der Waals surface area contributed by atoms with E-state index in [2.05, 4.69) is 31.9 Å². The van der Waals surface area contributed by atoms with Crippen LogP contribution in [-0.4, -0.2) is 9.36 Å². The van der Waals surface area contributed by atoms with Gasteiger partial charge in [0.25, 0.3) is 0 Å². The van der Waals surface area contributed by atoms with Crippen LogP contribution in [0.5, 0.6) is 0 Å². The molecule has 3 aromatic rings. The molecule has 0 saturated heterocycles. The molecule has 0 aliphatic carbocycles. The van der Waals surface area contributed by atoms with E-state index in [0.717, 1.165) is 25.4 Å². The topological polar surface area (TPSA) is 38.9 Å². The fraction of sp³-hybridized carbons (Fsp3) is 0. The lowest BCUT2D eigenvalue weighted by molar-refractivity contribution is 0.616. The Bertz CT molecular complexity index is 616. The zero-order chi connectivity index (χ0) is 10.3. The fourth-order valence-electron chi connectivity index (χ4n) is 1.47. The van der Waals surface area contributed by atoms with Crippen LogP contribution >= 0.6 is 34.1 Å². The zero-order valence-corrected chi connectivity index (χ0v) is 10.4. The smallest absolute Gasteiger partial charge is 0.177 e. The van der Waals surface area contributed by atoms with Crippen LogP contribution in [0, 0.1) is 3.01 Å². The molecule has 0 bridgehead atoms. The van der Waals surface area contributed by atoms with E-state index in [0.29, 0.717) is 0 Å². The van der Waals surface area contributed by atoms with Gasteiger partial charge in [0.2, 0.25) is 0 Å². The molecule has 0 unspecified atom stereocenters. The Morgan fingerprint density at radius 2 is 2.13 bits per heavy atom. The van der Waals surface area contributed by atoms with Gasteiger partial charge in [-0.1, -0.05) is 18.2 Å². The number of halogens is 1. The van der Waals surface area contributed by atoms with E-state index in [1.807, 2.05) is 24.3 Å². The predicted octanol–water partition coefficient (Wildman–Crippen LogP) is 3.56. The molecular weight excluding hydrogens is 323 g/mol. The second-order valence-electron chi connectivity index (χ2n) is 3.02. The average molecular weight is 328 g/mol. The van der Waals surface area contributed by atoms with Crippen molar-refractivity contribution in [2.24, 2.45) is 0 Å². The first kappa shape index (κ1) is 9.29. The lowest BCUT2D eigenvalue weighted by Crippen LogP contribution is -1.77. The molecule has 0 amide bonds. The van der Waals surface area contributed by atoms with E-state index in [1.165, 1.54) is 11.5 Å². The molecule has 15 heavy (non-hydrogen) atoms. The molecule has 0 N–H and O–H groups in total. The van der Waals surface area contributed by atoms with Gasteiger partial charge in [-0.2, -0.15) is 4.37 Å². The minimum absolute atomic E-state index is 0.745. The van der Waals surface area contributed by atoms with Gasteiger partial charge in [-0.15, -0.1) is 0 Å². The first-order chi connectivity index (χ1) is 7.34. The highest BCUT2D eigenvalue weighted by Gasteiger charge is 2.11. The number of hydrogen-bond donors (Lipinski definition) is 0. The molecule has 0 atom stereocenters. The number of aromatic nitrogens is 2. The molecule has 74 valence electrons. The van der Waals surface area contributed by atoms with Gasteiger partial charge in [0.05, 0.1) is 5.56 Å². The summed E-state index contributed by atoms with van der Waals surface area (Å²) in [6, 6.07) is 7.89.